The summed E-state index contributed by atoms with van der Waals surface area (Å²) in [6, 6.07) is 8.13. The van der Waals surface area contributed by atoms with E-state index < -0.39 is 0 Å². The first-order valence-corrected chi connectivity index (χ1v) is 8.15. The highest BCUT2D eigenvalue weighted by atomic mass is 15.1. The summed E-state index contributed by atoms with van der Waals surface area (Å²) in [7, 11) is 0. The SMILES string of the molecule is CCNCc1nc2c(N)nc3ccccc3c2n1CC(C)(C)C. The summed E-state index contributed by atoms with van der Waals surface area (Å²) in [6.45, 7) is 11.3. The first-order chi connectivity index (χ1) is 10.9. The van der Waals surface area contributed by atoms with Gasteiger partial charge in [-0.1, -0.05) is 45.9 Å². The number of hydrogen-bond donors (Lipinski definition) is 2. The molecule has 23 heavy (non-hydrogen) atoms. The van der Waals surface area contributed by atoms with Gasteiger partial charge in [-0.3, -0.25) is 0 Å². The predicted molar refractivity (Wildman–Crippen MR) is 96.3 cm³/mol. The van der Waals surface area contributed by atoms with E-state index in [-0.39, 0.29) is 5.41 Å². The maximum atomic E-state index is 6.19. The number of nitrogens with one attached hydrogen (secondary N) is 1. The van der Waals surface area contributed by atoms with Gasteiger partial charge < -0.3 is 15.6 Å². The maximum Gasteiger partial charge on any atom is 0.152 e. The lowest BCUT2D eigenvalue weighted by Crippen LogP contribution is -2.21. The Morgan fingerprint density at radius 3 is 2.61 bits per heavy atom. The number of hydrogen-bond acceptors (Lipinski definition) is 4. The number of nitrogens with zero attached hydrogens (tertiary/aromatic N) is 3. The van der Waals surface area contributed by atoms with Gasteiger partial charge in [-0.05, 0) is 18.0 Å². The molecule has 1 aromatic carbocycles. The predicted octanol–water partition coefficient (Wildman–Crippen LogP) is 3.32. The van der Waals surface area contributed by atoms with E-state index in [0.29, 0.717) is 5.82 Å². The average molecular weight is 311 g/mol. The molecule has 0 aliphatic carbocycles. The molecule has 0 aliphatic rings. The van der Waals surface area contributed by atoms with E-state index in [1.807, 2.05) is 18.2 Å². The van der Waals surface area contributed by atoms with Gasteiger partial charge in [0.25, 0.3) is 0 Å². The number of rotatable bonds is 4. The lowest BCUT2D eigenvalue weighted by molar-refractivity contribution is 0.342. The number of benzene rings is 1. The molecule has 0 aliphatic heterocycles. The van der Waals surface area contributed by atoms with Gasteiger partial charge in [0.1, 0.15) is 11.3 Å². The van der Waals surface area contributed by atoms with Crippen LogP contribution in [0.4, 0.5) is 5.82 Å². The van der Waals surface area contributed by atoms with Gasteiger partial charge in [-0.2, -0.15) is 0 Å². The van der Waals surface area contributed by atoms with Crippen molar-refractivity contribution in [2.75, 3.05) is 12.3 Å². The van der Waals surface area contributed by atoms with E-state index in [1.54, 1.807) is 0 Å². The van der Waals surface area contributed by atoms with Gasteiger partial charge in [0.15, 0.2) is 5.82 Å². The monoisotopic (exact) mass is 311 g/mol. The van der Waals surface area contributed by atoms with Crippen molar-refractivity contribution in [3.8, 4) is 0 Å². The molecule has 0 atom stereocenters. The lowest BCUT2D eigenvalue weighted by atomic mass is 9.96. The van der Waals surface area contributed by atoms with Gasteiger partial charge in [0.05, 0.1) is 17.6 Å². The van der Waals surface area contributed by atoms with E-state index >= 15 is 0 Å². The van der Waals surface area contributed by atoms with Crippen LogP contribution in [0.5, 0.6) is 0 Å². The van der Waals surface area contributed by atoms with Gasteiger partial charge in [0, 0.05) is 11.9 Å². The van der Waals surface area contributed by atoms with Gasteiger partial charge >= 0.3 is 0 Å². The van der Waals surface area contributed by atoms with Crippen LogP contribution in [0, 0.1) is 5.41 Å². The third-order valence-corrected chi connectivity index (χ3v) is 3.85. The highest BCUT2D eigenvalue weighted by molar-refractivity contribution is 6.06. The number of nitrogen functional groups attached to an aromatic ring is 1. The van der Waals surface area contributed by atoms with E-state index in [0.717, 1.165) is 47.4 Å². The van der Waals surface area contributed by atoms with Gasteiger partial charge in [0.2, 0.25) is 0 Å². The zero-order valence-corrected chi connectivity index (χ0v) is 14.3. The van der Waals surface area contributed by atoms with Crippen molar-refractivity contribution in [3.63, 3.8) is 0 Å². The van der Waals surface area contributed by atoms with E-state index in [2.05, 4.69) is 48.6 Å². The van der Waals surface area contributed by atoms with Crippen molar-refractivity contribution in [2.24, 2.45) is 5.41 Å². The molecule has 0 spiro atoms. The van der Waals surface area contributed by atoms with Crippen molar-refractivity contribution in [2.45, 2.75) is 40.8 Å². The van der Waals surface area contributed by atoms with E-state index in [9.17, 15) is 0 Å². The van der Waals surface area contributed by atoms with Crippen LogP contribution in [0.25, 0.3) is 21.9 Å². The molecular formula is C18H25N5. The Kier molecular flexibility index (Phi) is 3.98. The molecule has 122 valence electrons. The quantitative estimate of drug-likeness (QED) is 0.775. The lowest BCUT2D eigenvalue weighted by Gasteiger charge is -2.22. The summed E-state index contributed by atoms with van der Waals surface area (Å²) in [5.41, 5.74) is 9.15. The Morgan fingerprint density at radius 1 is 1.17 bits per heavy atom. The zero-order valence-electron chi connectivity index (χ0n) is 14.3. The first kappa shape index (κ1) is 15.7. The van der Waals surface area contributed by atoms with Crippen molar-refractivity contribution < 1.29 is 0 Å². The number of nitrogens with two attached hydrogens (primary N) is 1. The second-order valence-electron chi connectivity index (χ2n) is 7.17. The van der Waals surface area contributed by atoms with Crippen LogP contribution in [-0.4, -0.2) is 21.1 Å². The molecule has 5 heteroatoms. The number of fused-ring (bicyclic) bond motifs is 3. The number of imidazole rings is 1. The molecule has 2 aromatic heterocycles. The number of anilines is 1. The molecule has 0 radical (unpaired) electrons. The second-order valence-corrected chi connectivity index (χ2v) is 7.17. The molecule has 0 unspecified atom stereocenters. The largest absolute Gasteiger partial charge is 0.382 e. The second kappa shape index (κ2) is 5.81. The molecular weight excluding hydrogens is 286 g/mol. The van der Waals surface area contributed by atoms with E-state index in [4.69, 9.17) is 10.7 Å². The summed E-state index contributed by atoms with van der Waals surface area (Å²) in [5.74, 6) is 1.52. The summed E-state index contributed by atoms with van der Waals surface area (Å²) >= 11 is 0. The van der Waals surface area contributed by atoms with Gasteiger partial charge in [-0.25, -0.2) is 9.97 Å². The Morgan fingerprint density at radius 2 is 1.91 bits per heavy atom. The Balaban J connectivity index is 2.32. The van der Waals surface area contributed by atoms with Crippen molar-refractivity contribution in [3.05, 3.63) is 30.1 Å². The fourth-order valence-electron chi connectivity index (χ4n) is 2.92. The minimum absolute atomic E-state index is 0.147. The highest BCUT2D eigenvalue weighted by Crippen LogP contribution is 2.31. The Labute approximate surface area is 136 Å². The normalized spacial score (nSPS) is 12.3. The fourth-order valence-corrected chi connectivity index (χ4v) is 2.92. The van der Waals surface area contributed by atoms with Crippen LogP contribution in [0.1, 0.15) is 33.5 Å². The summed E-state index contributed by atoms with van der Waals surface area (Å²) < 4.78 is 2.30. The summed E-state index contributed by atoms with van der Waals surface area (Å²) in [6.07, 6.45) is 0. The van der Waals surface area contributed by atoms with Crippen molar-refractivity contribution in [1.82, 2.24) is 19.9 Å². The van der Waals surface area contributed by atoms with Crippen molar-refractivity contribution >= 4 is 27.8 Å². The molecule has 0 saturated carbocycles. The molecule has 2 heterocycles. The molecule has 3 aromatic rings. The minimum Gasteiger partial charge on any atom is -0.382 e. The van der Waals surface area contributed by atoms with E-state index in [1.165, 1.54) is 0 Å². The molecule has 0 saturated heterocycles. The maximum absolute atomic E-state index is 6.19. The van der Waals surface area contributed by atoms with Crippen molar-refractivity contribution in [1.29, 1.82) is 0 Å². The molecule has 5 nitrogen and oxygen atoms in total. The van der Waals surface area contributed by atoms with Crippen LogP contribution >= 0.6 is 0 Å². The smallest absolute Gasteiger partial charge is 0.152 e. The Hall–Kier alpha value is -2.14. The summed E-state index contributed by atoms with van der Waals surface area (Å²) in [4.78, 5) is 9.31. The highest BCUT2D eigenvalue weighted by Gasteiger charge is 2.21. The Bertz CT molecular complexity index is 842. The van der Waals surface area contributed by atoms with Crippen LogP contribution in [0.15, 0.2) is 24.3 Å². The topological polar surface area (TPSA) is 68.8 Å². The van der Waals surface area contributed by atoms with Gasteiger partial charge in [-0.15, -0.1) is 0 Å². The summed E-state index contributed by atoms with van der Waals surface area (Å²) in [5, 5.41) is 4.48. The first-order valence-electron chi connectivity index (χ1n) is 8.15. The third kappa shape index (κ3) is 3.01. The van der Waals surface area contributed by atoms with Crippen LogP contribution in [-0.2, 0) is 13.1 Å². The number of para-hydroxylation sites is 1. The minimum atomic E-state index is 0.147. The molecule has 3 N–H and O–H groups in total. The van der Waals surface area contributed by atoms with Crippen LogP contribution in [0.3, 0.4) is 0 Å². The standard InChI is InChI=1S/C18H25N5/c1-5-20-10-14-22-15-16(23(14)11-18(2,3)4)12-8-6-7-9-13(12)21-17(15)19/h6-9,20H,5,10-11H2,1-4H3,(H2,19,21). The number of aromatic nitrogens is 3. The number of pyridine rings is 1. The molecule has 0 amide bonds. The molecule has 0 fully saturated rings. The average Bonchev–Trinajstić information content (AvgIpc) is 2.83. The zero-order chi connectivity index (χ0) is 16.6. The van der Waals surface area contributed by atoms with Crippen LogP contribution < -0.4 is 11.1 Å². The fraction of sp³-hybridized carbons (Fsp3) is 0.444. The third-order valence-electron chi connectivity index (χ3n) is 3.85. The molecule has 3 rings (SSSR count). The van der Waals surface area contributed by atoms with Crippen LogP contribution in [0.2, 0.25) is 0 Å². The molecule has 0 bridgehead atoms.